The molecule has 0 heterocycles. The molecule has 0 aromatic heterocycles. The van der Waals surface area contributed by atoms with Crippen molar-refractivity contribution in [2.24, 2.45) is 0 Å². The summed E-state index contributed by atoms with van der Waals surface area (Å²) in [6.45, 7) is 0. The van der Waals surface area contributed by atoms with Crippen LogP contribution in [0.15, 0.2) is 176 Å². The molecule has 212 valence electrons. The number of para-hydroxylation sites is 1. The number of hydrogen-bond acceptors (Lipinski definition) is 1. The van der Waals surface area contributed by atoms with Gasteiger partial charge in [0.2, 0.25) is 0 Å². The Bertz CT molecular complexity index is 2260. The molecule has 8 aromatic rings. The van der Waals surface area contributed by atoms with Gasteiger partial charge in [-0.1, -0.05) is 146 Å². The van der Waals surface area contributed by atoms with Crippen LogP contribution in [-0.2, 0) is 0 Å². The molecule has 2 heteroatoms. The van der Waals surface area contributed by atoms with E-state index in [4.69, 9.17) is 0 Å². The number of amidine groups is 1. The van der Waals surface area contributed by atoms with Crippen LogP contribution in [0, 0.1) is 5.41 Å². The van der Waals surface area contributed by atoms with Gasteiger partial charge in [-0.05, 0) is 84.9 Å². The average Bonchev–Trinajstić information content (AvgIpc) is 3.11. The van der Waals surface area contributed by atoms with E-state index in [1.807, 2.05) is 53.4 Å². The van der Waals surface area contributed by atoms with Crippen LogP contribution in [0.1, 0.15) is 5.56 Å². The van der Waals surface area contributed by atoms with E-state index in [2.05, 4.69) is 127 Å². The van der Waals surface area contributed by atoms with Gasteiger partial charge in [-0.3, -0.25) is 10.3 Å². The van der Waals surface area contributed by atoms with Crippen LogP contribution >= 0.6 is 0 Å². The Hall–Kier alpha value is -5.99. The first-order chi connectivity index (χ1) is 22.3. The molecular formula is C43H30N2. The minimum atomic E-state index is 0.435. The van der Waals surface area contributed by atoms with E-state index in [-0.39, 0.29) is 0 Å². The lowest BCUT2D eigenvalue weighted by atomic mass is 9.85. The zero-order chi connectivity index (χ0) is 30.2. The second-order valence-corrected chi connectivity index (χ2v) is 11.3. The highest BCUT2D eigenvalue weighted by Crippen LogP contribution is 2.44. The van der Waals surface area contributed by atoms with Crippen LogP contribution in [0.4, 0.5) is 11.4 Å². The van der Waals surface area contributed by atoms with Crippen LogP contribution < -0.4 is 4.90 Å². The van der Waals surface area contributed by atoms with Crippen LogP contribution in [-0.4, -0.2) is 5.84 Å². The third-order valence-corrected chi connectivity index (χ3v) is 8.67. The van der Waals surface area contributed by atoms with Crippen molar-refractivity contribution in [3.63, 3.8) is 0 Å². The van der Waals surface area contributed by atoms with Crippen molar-refractivity contribution in [3.05, 3.63) is 181 Å². The molecule has 45 heavy (non-hydrogen) atoms. The summed E-state index contributed by atoms with van der Waals surface area (Å²) < 4.78 is 0. The van der Waals surface area contributed by atoms with Crippen molar-refractivity contribution in [2.45, 2.75) is 0 Å². The van der Waals surface area contributed by atoms with Gasteiger partial charge in [0.15, 0.2) is 0 Å². The summed E-state index contributed by atoms with van der Waals surface area (Å²) in [5.41, 5.74) is 7.62. The van der Waals surface area contributed by atoms with Gasteiger partial charge in [-0.15, -0.1) is 0 Å². The van der Waals surface area contributed by atoms with Gasteiger partial charge in [-0.25, -0.2) is 0 Å². The molecule has 0 spiro atoms. The van der Waals surface area contributed by atoms with Gasteiger partial charge in [0.25, 0.3) is 0 Å². The second kappa shape index (κ2) is 11.3. The Morgan fingerprint density at radius 2 is 0.822 bits per heavy atom. The molecule has 0 atom stereocenters. The summed E-state index contributed by atoms with van der Waals surface area (Å²) in [6, 6.07) is 61.7. The Morgan fingerprint density at radius 1 is 0.378 bits per heavy atom. The molecule has 0 aliphatic heterocycles. The second-order valence-electron chi connectivity index (χ2n) is 11.3. The van der Waals surface area contributed by atoms with Gasteiger partial charge in [0, 0.05) is 16.9 Å². The minimum absolute atomic E-state index is 0.435. The lowest BCUT2D eigenvalue weighted by Gasteiger charge is -2.26. The SMILES string of the molecule is N=C(c1ccccc1)N(c1ccccc1)c1ccc(-c2c3ccccc3c(-c3ccc4ccccc4c3)c3ccccc23)cc1. The van der Waals surface area contributed by atoms with Crippen LogP contribution in [0.5, 0.6) is 0 Å². The highest BCUT2D eigenvalue weighted by atomic mass is 15.2. The highest BCUT2D eigenvalue weighted by molar-refractivity contribution is 6.22. The van der Waals surface area contributed by atoms with E-state index in [1.54, 1.807) is 0 Å². The summed E-state index contributed by atoms with van der Waals surface area (Å²) in [7, 11) is 0. The molecule has 0 radical (unpaired) electrons. The van der Waals surface area contributed by atoms with Gasteiger partial charge in [0.05, 0.1) is 0 Å². The molecule has 0 aliphatic carbocycles. The lowest BCUT2D eigenvalue weighted by Crippen LogP contribution is -2.25. The smallest absolute Gasteiger partial charge is 0.137 e. The number of rotatable bonds is 5. The largest absolute Gasteiger partial charge is 0.295 e. The standard InChI is InChI=1S/C43H30N2/c44-43(32-14-3-1-4-15-32)45(35-17-5-2-6-18-35)36-27-25-31(26-28-36)41-37-19-9-11-21-39(37)42(40-22-12-10-20-38(40)41)34-24-23-30-13-7-8-16-33(30)29-34/h1-29,44H. The fourth-order valence-corrected chi connectivity index (χ4v) is 6.58. The van der Waals surface area contributed by atoms with Crippen molar-refractivity contribution in [1.82, 2.24) is 0 Å². The Morgan fingerprint density at radius 3 is 1.42 bits per heavy atom. The van der Waals surface area contributed by atoms with Crippen molar-refractivity contribution in [3.8, 4) is 22.3 Å². The summed E-state index contributed by atoms with van der Waals surface area (Å²) in [5, 5.41) is 16.6. The van der Waals surface area contributed by atoms with E-state index in [0.29, 0.717) is 5.84 Å². The van der Waals surface area contributed by atoms with Crippen molar-refractivity contribution >= 4 is 49.5 Å². The molecule has 0 saturated heterocycles. The number of hydrogen-bond donors (Lipinski definition) is 1. The maximum Gasteiger partial charge on any atom is 0.137 e. The molecule has 8 rings (SSSR count). The zero-order valence-corrected chi connectivity index (χ0v) is 24.7. The fraction of sp³-hybridized carbons (Fsp3) is 0. The number of anilines is 2. The molecule has 0 fully saturated rings. The number of nitrogens with one attached hydrogen (secondary N) is 1. The summed E-state index contributed by atoms with van der Waals surface area (Å²) >= 11 is 0. The minimum Gasteiger partial charge on any atom is -0.295 e. The van der Waals surface area contributed by atoms with E-state index >= 15 is 0 Å². The highest BCUT2D eigenvalue weighted by Gasteiger charge is 2.19. The molecule has 2 nitrogen and oxygen atoms in total. The molecule has 1 N–H and O–H groups in total. The third kappa shape index (κ3) is 4.74. The van der Waals surface area contributed by atoms with E-state index < -0.39 is 0 Å². The van der Waals surface area contributed by atoms with E-state index in [9.17, 15) is 5.41 Å². The Kier molecular flexibility index (Phi) is 6.66. The first-order valence-electron chi connectivity index (χ1n) is 15.3. The maximum absolute atomic E-state index is 9.18. The Labute approximate surface area is 263 Å². The number of nitrogens with zero attached hydrogens (tertiary/aromatic N) is 1. The normalized spacial score (nSPS) is 11.2. The van der Waals surface area contributed by atoms with Gasteiger partial charge >= 0.3 is 0 Å². The van der Waals surface area contributed by atoms with E-state index in [0.717, 1.165) is 22.5 Å². The molecule has 0 saturated carbocycles. The van der Waals surface area contributed by atoms with Gasteiger partial charge in [0.1, 0.15) is 5.84 Å². The van der Waals surface area contributed by atoms with Crippen LogP contribution in [0.3, 0.4) is 0 Å². The molecule has 0 amide bonds. The van der Waals surface area contributed by atoms with Crippen molar-refractivity contribution < 1.29 is 0 Å². The number of fused-ring (bicyclic) bond motifs is 3. The van der Waals surface area contributed by atoms with Crippen LogP contribution in [0.2, 0.25) is 0 Å². The monoisotopic (exact) mass is 574 g/mol. The molecule has 0 bridgehead atoms. The lowest BCUT2D eigenvalue weighted by molar-refractivity contribution is 1.28. The average molecular weight is 575 g/mol. The summed E-state index contributed by atoms with van der Waals surface area (Å²) in [6.07, 6.45) is 0. The van der Waals surface area contributed by atoms with Crippen molar-refractivity contribution in [1.29, 1.82) is 5.41 Å². The topological polar surface area (TPSA) is 27.1 Å². The molecular weight excluding hydrogens is 544 g/mol. The van der Waals surface area contributed by atoms with Gasteiger partial charge in [-0.2, -0.15) is 0 Å². The molecule has 8 aromatic carbocycles. The van der Waals surface area contributed by atoms with E-state index in [1.165, 1.54) is 49.0 Å². The first-order valence-corrected chi connectivity index (χ1v) is 15.3. The van der Waals surface area contributed by atoms with Gasteiger partial charge < -0.3 is 0 Å². The summed E-state index contributed by atoms with van der Waals surface area (Å²) in [5.74, 6) is 0.435. The van der Waals surface area contributed by atoms with Crippen molar-refractivity contribution in [2.75, 3.05) is 4.90 Å². The maximum atomic E-state index is 9.18. The molecule has 0 aliphatic rings. The fourth-order valence-electron chi connectivity index (χ4n) is 6.58. The third-order valence-electron chi connectivity index (χ3n) is 8.67. The first kappa shape index (κ1) is 26.6. The molecule has 0 unspecified atom stereocenters. The zero-order valence-electron chi connectivity index (χ0n) is 24.7. The predicted molar refractivity (Wildman–Crippen MR) is 192 cm³/mol. The predicted octanol–water partition coefficient (Wildman–Crippen LogP) is 11.6. The quantitative estimate of drug-likeness (QED) is 0.124. The van der Waals surface area contributed by atoms with Crippen LogP contribution in [0.25, 0.3) is 54.6 Å². The number of benzene rings is 8. The summed E-state index contributed by atoms with van der Waals surface area (Å²) in [4.78, 5) is 2.01. The Balaban J connectivity index is 1.30.